The number of carbonyl (C=O) groups is 1. The van der Waals surface area contributed by atoms with Crippen molar-refractivity contribution < 1.29 is 14.5 Å². The Morgan fingerprint density at radius 3 is 2.65 bits per heavy atom. The Kier molecular flexibility index (Phi) is 4.72. The van der Waals surface area contributed by atoms with Crippen LogP contribution in [0.4, 0.5) is 5.69 Å². The summed E-state index contributed by atoms with van der Waals surface area (Å²) in [5.41, 5.74) is -0.495. The molecule has 0 atom stereocenters. The maximum atomic E-state index is 12.3. The molecule has 0 radical (unpaired) electrons. The first kappa shape index (κ1) is 14.9. The number of nitrogens with one attached hydrogen (secondary N) is 1. The van der Waals surface area contributed by atoms with E-state index in [-0.39, 0.29) is 11.3 Å². The van der Waals surface area contributed by atoms with Gasteiger partial charge in [-0.3, -0.25) is 14.9 Å². The van der Waals surface area contributed by atoms with Crippen LogP contribution in [0.5, 0.6) is 0 Å². The molecule has 1 aliphatic rings. The van der Waals surface area contributed by atoms with E-state index in [0.29, 0.717) is 31.4 Å². The van der Waals surface area contributed by atoms with Gasteiger partial charge >= 0.3 is 0 Å². The smallest absolute Gasteiger partial charge is 0.282 e. The molecule has 0 aliphatic carbocycles. The van der Waals surface area contributed by atoms with Gasteiger partial charge in [0.2, 0.25) is 0 Å². The number of carbonyl (C=O) groups excluding carboxylic acids is 1. The summed E-state index contributed by atoms with van der Waals surface area (Å²) >= 11 is 3.41. The van der Waals surface area contributed by atoms with Crippen molar-refractivity contribution in [3.63, 3.8) is 0 Å². The largest absolute Gasteiger partial charge is 0.381 e. The predicted octanol–water partition coefficient (Wildman–Crippen LogP) is 2.27. The van der Waals surface area contributed by atoms with E-state index in [1.165, 1.54) is 12.1 Å². The Labute approximate surface area is 124 Å². The second-order valence-electron chi connectivity index (χ2n) is 4.75. The third-order valence-electron chi connectivity index (χ3n) is 3.43. The standard InChI is InChI=1S/C13H15BrN2O4/c14-9-13(5-7-20-8-6-13)15-12(17)10-3-1-2-4-11(10)16(18)19/h1-4H,5-9H2,(H,15,17). The lowest BCUT2D eigenvalue weighted by Crippen LogP contribution is -2.53. The van der Waals surface area contributed by atoms with Crippen molar-refractivity contribution in [2.45, 2.75) is 18.4 Å². The Bertz CT molecular complexity index is 515. The van der Waals surface area contributed by atoms with Crippen LogP contribution < -0.4 is 5.32 Å². The minimum atomic E-state index is -0.542. The predicted molar refractivity (Wildman–Crippen MR) is 77.1 cm³/mol. The summed E-state index contributed by atoms with van der Waals surface area (Å²) in [6, 6.07) is 5.96. The molecule has 20 heavy (non-hydrogen) atoms. The zero-order valence-corrected chi connectivity index (χ0v) is 12.4. The van der Waals surface area contributed by atoms with Gasteiger partial charge in [0.05, 0.1) is 10.5 Å². The van der Waals surface area contributed by atoms with Crippen molar-refractivity contribution >= 4 is 27.5 Å². The van der Waals surface area contributed by atoms with Crippen molar-refractivity contribution in [2.75, 3.05) is 18.5 Å². The molecule has 1 saturated heterocycles. The lowest BCUT2D eigenvalue weighted by Gasteiger charge is -2.36. The first-order valence-electron chi connectivity index (χ1n) is 6.28. The summed E-state index contributed by atoms with van der Waals surface area (Å²) in [6.45, 7) is 1.14. The van der Waals surface area contributed by atoms with Gasteiger partial charge in [0.15, 0.2) is 0 Å². The molecule has 1 aliphatic heterocycles. The molecule has 1 fully saturated rings. The van der Waals surface area contributed by atoms with Gasteiger partial charge in [0.1, 0.15) is 5.56 Å². The summed E-state index contributed by atoms with van der Waals surface area (Å²) < 4.78 is 5.30. The fourth-order valence-corrected chi connectivity index (χ4v) is 2.89. The molecule has 7 heteroatoms. The Morgan fingerprint density at radius 1 is 1.40 bits per heavy atom. The quantitative estimate of drug-likeness (QED) is 0.517. The van der Waals surface area contributed by atoms with Crippen molar-refractivity contribution in [3.8, 4) is 0 Å². The zero-order chi connectivity index (χ0) is 14.6. The van der Waals surface area contributed by atoms with Crippen LogP contribution in [-0.2, 0) is 4.74 Å². The average molecular weight is 343 g/mol. The van der Waals surface area contributed by atoms with Crippen LogP contribution in [0.15, 0.2) is 24.3 Å². The van der Waals surface area contributed by atoms with Gasteiger partial charge < -0.3 is 10.1 Å². The number of hydrogen-bond acceptors (Lipinski definition) is 4. The number of alkyl halides is 1. The Morgan fingerprint density at radius 2 is 2.05 bits per heavy atom. The monoisotopic (exact) mass is 342 g/mol. The van der Waals surface area contributed by atoms with Crippen molar-refractivity contribution in [1.82, 2.24) is 5.32 Å². The van der Waals surface area contributed by atoms with E-state index in [0.717, 1.165) is 0 Å². The lowest BCUT2D eigenvalue weighted by atomic mass is 9.92. The van der Waals surface area contributed by atoms with E-state index in [2.05, 4.69) is 21.2 Å². The van der Waals surface area contributed by atoms with Crippen molar-refractivity contribution in [3.05, 3.63) is 39.9 Å². The summed E-state index contributed by atoms with van der Waals surface area (Å²) in [5.74, 6) is -0.418. The van der Waals surface area contributed by atoms with Gasteiger partial charge in [0.25, 0.3) is 11.6 Å². The van der Waals surface area contributed by atoms with Gasteiger partial charge in [-0.25, -0.2) is 0 Å². The number of rotatable bonds is 4. The van der Waals surface area contributed by atoms with Gasteiger partial charge in [-0.2, -0.15) is 0 Å². The SMILES string of the molecule is O=C(NC1(CBr)CCOCC1)c1ccccc1[N+](=O)[O-]. The highest BCUT2D eigenvalue weighted by molar-refractivity contribution is 9.09. The molecular formula is C13H15BrN2O4. The number of halogens is 1. The van der Waals surface area contributed by atoms with Crippen LogP contribution in [0.2, 0.25) is 0 Å². The minimum Gasteiger partial charge on any atom is -0.381 e. The van der Waals surface area contributed by atoms with E-state index < -0.39 is 16.4 Å². The van der Waals surface area contributed by atoms with Gasteiger partial charge in [-0.1, -0.05) is 28.1 Å². The molecular weight excluding hydrogens is 328 g/mol. The van der Waals surface area contributed by atoms with Crippen LogP contribution in [0.3, 0.4) is 0 Å². The number of para-hydroxylation sites is 1. The van der Waals surface area contributed by atoms with E-state index in [1.807, 2.05) is 0 Å². The molecule has 0 spiro atoms. The second kappa shape index (κ2) is 6.32. The molecule has 108 valence electrons. The molecule has 0 aromatic heterocycles. The molecule has 1 amide bonds. The maximum Gasteiger partial charge on any atom is 0.282 e. The highest BCUT2D eigenvalue weighted by Gasteiger charge is 2.34. The Hall–Kier alpha value is -1.47. The molecule has 0 bridgehead atoms. The normalized spacial score (nSPS) is 17.4. The van der Waals surface area contributed by atoms with Crippen molar-refractivity contribution in [1.29, 1.82) is 0 Å². The van der Waals surface area contributed by atoms with E-state index in [4.69, 9.17) is 4.74 Å². The number of nitro groups is 1. The van der Waals surface area contributed by atoms with Crippen LogP contribution in [0.25, 0.3) is 0 Å². The first-order valence-corrected chi connectivity index (χ1v) is 7.40. The number of nitro benzene ring substituents is 1. The molecule has 2 rings (SSSR count). The highest BCUT2D eigenvalue weighted by atomic mass is 79.9. The van der Waals surface area contributed by atoms with Crippen LogP contribution >= 0.6 is 15.9 Å². The van der Waals surface area contributed by atoms with Crippen LogP contribution in [0.1, 0.15) is 23.2 Å². The van der Waals surface area contributed by atoms with Crippen molar-refractivity contribution in [2.24, 2.45) is 0 Å². The fraction of sp³-hybridized carbons (Fsp3) is 0.462. The number of nitrogens with zero attached hydrogens (tertiary/aromatic N) is 1. The third kappa shape index (κ3) is 3.16. The van der Waals surface area contributed by atoms with Gasteiger partial charge in [-0.05, 0) is 18.9 Å². The highest BCUT2D eigenvalue weighted by Crippen LogP contribution is 2.25. The molecule has 1 aromatic carbocycles. The lowest BCUT2D eigenvalue weighted by molar-refractivity contribution is -0.385. The molecule has 0 saturated carbocycles. The Balaban J connectivity index is 2.21. The fourth-order valence-electron chi connectivity index (χ4n) is 2.19. The number of benzene rings is 1. The number of hydrogen-bond donors (Lipinski definition) is 1. The summed E-state index contributed by atoms with van der Waals surface area (Å²) in [4.78, 5) is 22.7. The first-order chi connectivity index (χ1) is 9.58. The third-order valence-corrected chi connectivity index (χ3v) is 4.50. The van der Waals surface area contributed by atoms with Crippen LogP contribution in [-0.4, -0.2) is 34.9 Å². The van der Waals surface area contributed by atoms with Gasteiger partial charge in [0, 0.05) is 24.6 Å². The summed E-state index contributed by atoms with van der Waals surface area (Å²) in [6.07, 6.45) is 1.37. The summed E-state index contributed by atoms with van der Waals surface area (Å²) in [5, 5.41) is 14.5. The van der Waals surface area contributed by atoms with E-state index in [1.54, 1.807) is 12.1 Å². The topological polar surface area (TPSA) is 81.5 Å². The van der Waals surface area contributed by atoms with Gasteiger partial charge in [-0.15, -0.1) is 0 Å². The summed E-state index contributed by atoms with van der Waals surface area (Å²) in [7, 11) is 0. The van der Waals surface area contributed by atoms with E-state index in [9.17, 15) is 14.9 Å². The average Bonchev–Trinajstić information content (AvgIpc) is 2.48. The molecule has 0 unspecified atom stereocenters. The molecule has 6 nitrogen and oxygen atoms in total. The maximum absolute atomic E-state index is 12.3. The van der Waals surface area contributed by atoms with E-state index >= 15 is 0 Å². The molecule has 1 heterocycles. The number of ether oxygens (including phenoxy) is 1. The minimum absolute atomic E-state index is 0.0873. The van der Waals surface area contributed by atoms with Crippen LogP contribution in [0, 0.1) is 10.1 Å². The second-order valence-corrected chi connectivity index (χ2v) is 5.32. The number of amides is 1. The molecule has 1 aromatic rings. The zero-order valence-electron chi connectivity index (χ0n) is 10.8. The molecule has 1 N–H and O–H groups in total.